The first-order valence-corrected chi connectivity index (χ1v) is 4.81. The van der Waals surface area contributed by atoms with Crippen LogP contribution in [0.1, 0.15) is 5.69 Å². The number of para-hydroxylation sites is 1. The van der Waals surface area contributed by atoms with Gasteiger partial charge in [-0.1, -0.05) is 12.1 Å². The Morgan fingerprint density at radius 3 is 3.00 bits per heavy atom. The van der Waals surface area contributed by atoms with Crippen molar-refractivity contribution >= 4 is 0 Å². The first-order valence-electron chi connectivity index (χ1n) is 4.81. The predicted octanol–water partition coefficient (Wildman–Crippen LogP) is 2.33. The minimum Gasteiger partial charge on any atom is -0.417 e. The first-order chi connectivity index (χ1) is 7.79. The van der Waals surface area contributed by atoms with Crippen molar-refractivity contribution in [1.82, 2.24) is 10.3 Å². The monoisotopic (exact) mass is 222 g/mol. The fourth-order valence-electron chi connectivity index (χ4n) is 1.22. The summed E-state index contributed by atoms with van der Waals surface area (Å²) in [6, 6.07) is 6.09. The number of nitrogens with zero attached hydrogens (tertiary/aromatic N) is 1. The zero-order valence-corrected chi connectivity index (χ0v) is 8.74. The Morgan fingerprint density at radius 1 is 1.44 bits per heavy atom. The fourth-order valence-corrected chi connectivity index (χ4v) is 1.22. The standard InChI is InChI=1S/C11H11FN2O2/c1-13-6-8-7-15-11(14-8)16-10-5-3-2-4-9(10)12/h2-5,7,13H,6H2,1H3. The van der Waals surface area contributed by atoms with Crippen LogP contribution in [0, 0.1) is 5.82 Å². The molecule has 5 heteroatoms. The summed E-state index contributed by atoms with van der Waals surface area (Å²) in [5.74, 6) is -0.351. The quantitative estimate of drug-likeness (QED) is 0.862. The second kappa shape index (κ2) is 4.76. The summed E-state index contributed by atoms with van der Waals surface area (Å²) in [6.07, 6.45) is 1.50. The van der Waals surface area contributed by atoms with Crippen LogP contribution in [0.5, 0.6) is 11.8 Å². The molecular weight excluding hydrogens is 211 g/mol. The lowest BCUT2D eigenvalue weighted by Crippen LogP contribution is -2.04. The highest BCUT2D eigenvalue weighted by atomic mass is 19.1. The SMILES string of the molecule is CNCc1coc(Oc2ccccc2F)n1. The van der Waals surface area contributed by atoms with Gasteiger partial charge < -0.3 is 14.5 Å². The van der Waals surface area contributed by atoms with E-state index in [0.717, 1.165) is 0 Å². The number of oxazole rings is 1. The molecule has 2 aromatic rings. The predicted molar refractivity (Wildman–Crippen MR) is 55.7 cm³/mol. The van der Waals surface area contributed by atoms with Crippen LogP contribution >= 0.6 is 0 Å². The number of rotatable bonds is 4. The summed E-state index contributed by atoms with van der Waals surface area (Å²) in [5, 5.41) is 2.92. The van der Waals surface area contributed by atoms with E-state index in [4.69, 9.17) is 9.15 Å². The molecule has 1 aromatic heterocycles. The molecule has 0 fully saturated rings. The van der Waals surface area contributed by atoms with Crippen molar-refractivity contribution in [3.63, 3.8) is 0 Å². The van der Waals surface area contributed by atoms with Gasteiger partial charge in [-0.3, -0.25) is 0 Å². The maximum atomic E-state index is 13.2. The molecule has 0 saturated carbocycles. The van der Waals surface area contributed by atoms with E-state index in [2.05, 4.69) is 10.3 Å². The van der Waals surface area contributed by atoms with Gasteiger partial charge in [-0.15, -0.1) is 0 Å². The summed E-state index contributed by atoms with van der Waals surface area (Å²) < 4.78 is 23.4. The van der Waals surface area contributed by atoms with Crippen molar-refractivity contribution < 1.29 is 13.5 Å². The van der Waals surface area contributed by atoms with Gasteiger partial charge in [0.25, 0.3) is 0 Å². The normalized spacial score (nSPS) is 10.4. The Hall–Kier alpha value is -1.88. The zero-order valence-electron chi connectivity index (χ0n) is 8.74. The summed E-state index contributed by atoms with van der Waals surface area (Å²) in [6.45, 7) is 0.574. The lowest BCUT2D eigenvalue weighted by atomic mass is 10.3. The second-order valence-corrected chi connectivity index (χ2v) is 3.17. The molecule has 4 nitrogen and oxygen atoms in total. The van der Waals surface area contributed by atoms with Crippen molar-refractivity contribution in [2.45, 2.75) is 6.54 Å². The molecule has 16 heavy (non-hydrogen) atoms. The number of halogens is 1. The van der Waals surface area contributed by atoms with E-state index >= 15 is 0 Å². The van der Waals surface area contributed by atoms with Crippen LogP contribution in [0.2, 0.25) is 0 Å². The third-order valence-electron chi connectivity index (χ3n) is 1.92. The van der Waals surface area contributed by atoms with Crippen molar-refractivity contribution in [2.24, 2.45) is 0 Å². The molecule has 0 amide bonds. The van der Waals surface area contributed by atoms with Crippen molar-refractivity contribution in [3.05, 3.63) is 42.0 Å². The average molecular weight is 222 g/mol. The number of nitrogens with one attached hydrogen (secondary N) is 1. The molecule has 0 bridgehead atoms. The summed E-state index contributed by atoms with van der Waals surface area (Å²) in [7, 11) is 1.80. The van der Waals surface area contributed by atoms with Gasteiger partial charge in [0.15, 0.2) is 11.6 Å². The highest BCUT2D eigenvalue weighted by Gasteiger charge is 2.08. The molecule has 0 aliphatic heterocycles. The van der Waals surface area contributed by atoms with E-state index in [1.807, 2.05) is 0 Å². The molecule has 0 saturated heterocycles. The van der Waals surface area contributed by atoms with Crippen LogP contribution in [-0.4, -0.2) is 12.0 Å². The van der Waals surface area contributed by atoms with Gasteiger partial charge in [0.1, 0.15) is 6.26 Å². The van der Waals surface area contributed by atoms with Gasteiger partial charge >= 0.3 is 6.08 Å². The van der Waals surface area contributed by atoms with E-state index in [1.54, 1.807) is 19.2 Å². The third kappa shape index (κ3) is 2.38. The van der Waals surface area contributed by atoms with E-state index < -0.39 is 5.82 Å². The Balaban J connectivity index is 2.11. The molecule has 0 unspecified atom stereocenters. The number of aromatic nitrogens is 1. The molecule has 0 aliphatic rings. The van der Waals surface area contributed by atoms with Gasteiger partial charge in [-0.05, 0) is 19.2 Å². The summed E-state index contributed by atoms with van der Waals surface area (Å²) in [5.41, 5.74) is 0.703. The van der Waals surface area contributed by atoms with Crippen molar-refractivity contribution in [1.29, 1.82) is 0 Å². The molecule has 2 rings (SSSR count). The molecule has 0 aliphatic carbocycles. The van der Waals surface area contributed by atoms with E-state index in [1.165, 1.54) is 18.4 Å². The molecular formula is C11H11FN2O2. The topological polar surface area (TPSA) is 47.3 Å². The Morgan fingerprint density at radius 2 is 2.25 bits per heavy atom. The Bertz CT molecular complexity index is 471. The highest BCUT2D eigenvalue weighted by Crippen LogP contribution is 2.23. The molecule has 0 radical (unpaired) electrons. The van der Waals surface area contributed by atoms with E-state index in [-0.39, 0.29) is 11.8 Å². The number of ether oxygens (including phenoxy) is 1. The minimum atomic E-state index is -0.448. The van der Waals surface area contributed by atoms with E-state index in [9.17, 15) is 4.39 Å². The lowest BCUT2D eigenvalue weighted by Gasteiger charge is -2.00. The van der Waals surface area contributed by atoms with Crippen LogP contribution in [0.3, 0.4) is 0 Å². The number of hydrogen-bond donors (Lipinski definition) is 1. The average Bonchev–Trinajstić information content (AvgIpc) is 2.70. The molecule has 84 valence electrons. The largest absolute Gasteiger partial charge is 0.417 e. The zero-order chi connectivity index (χ0) is 11.4. The summed E-state index contributed by atoms with van der Waals surface area (Å²) in [4.78, 5) is 4.02. The second-order valence-electron chi connectivity index (χ2n) is 3.17. The molecule has 1 aromatic carbocycles. The number of benzene rings is 1. The van der Waals surface area contributed by atoms with Gasteiger partial charge in [-0.2, -0.15) is 4.98 Å². The van der Waals surface area contributed by atoms with Gasteiger partial charge in [0.2, 0.25) is 0 Å². The van der Waals surface area contributed by atoms with Crippen molar-refractivity contribution in [3.8, 4) is 11.8 Å². The van der Waals surface area contributed by atoms with Crippen LogP contribution in [0.15, 0.2) is 34.9 Å². The van der Waals surface area contributed by atoms with Crippen LogP contribution in [-0.2, 0) is 6.54 Å². The fraction of sp³-hybridized carbons (Fsp3) is 0.182. The molecule has 0 atom stereocenters. The maximum absolute atomic E-state index is 13.2. The smallest absolute Gasteiger partial charge is 0.399 e. The Labute approximate surface area is 92.1 Å². The van der Waals surface area contributed by atoms with Gasteiger partial charge in [0, 0.05) is 6.54 Å². The molecule has 0 spiro atoms. The maximum Gasteiger partial charge on any atom is 0.399 e. The molecule has 1 N–H and O–H groups in total. The minimum absolute atomic E-state index is 0.0374. The highest BCUT2D eigenvalue weighted by molar-refractivity contribution is 5.26. The van der Waals surface area contributed by atoms with Gasteiger partial charge in [-0.25, -0.2) is 4.39 Å². The molecule has 1 heterocycles. The number of hydrogen-bond acceptors (Lipinski definition) is 4. The van der Waals surface area contributed by atoms with Gasteiger partial charge in [0.05, 0.1) is 5.69 Å². The lowest BCUT2D eigenvalue weighted by molar-refractivity contribution is 0.318. The van der Waals surface area contributed by atoms with Crippen molar-refractivity contribution in [2.75, 3.05) is 7.05 Å². The summed E-state index contributed by atoms with van der Waals surface area (Å²) >= 11 is 0. The Kier molecular flexibility index (Phi) is 3.16. The van der Waals surface area contributed by atoms with Crippen LogP contribution < -0.4 is 10.1 Å². The first kappa shape index (κ1) is 10.6. The third-order valence-corrected chi connectivity index (χ3v) is 1.92. The van der Waals surface area contributed by atoms with Crippen LogP contribution in [0.25, 0.3) is 0 Å². The van der Waals surface area contributed by atoms with E-state index in [0.29, 0.717) is 12.2 Å². The van der Waals surface area contributed by atoms with Crippen LogP contribution in [0.4, 0.5) is 4.39 Å².